The maximum absolute atomic E-state index is 5.95. The van der Waals surface area contributed by atoms with Gasteiger partial charge in [-0.3, -0.25) is 0 Å². The number of methoxy groups -OCH3 is 1. The Labute approximate surface area is 102 Å². The fraction of sp³-hybridized carbons (Fsp3) is 0.538. The van der Waals surface area contributed by atoms with Gasteiger partial charge in [-0.1, -0.05) is 6.07 Å². The van der Waals surface area contributed by atoms with E-state index < -0.39 is 0 Å². The van der Waals surface area contributed by atoms with E-state index in [1.165, 1.54) is 5.56 Å². The van der Waals surface area contributed by atoms with Crippen molar-refractivity contribution >= 4 is 11.6 Å². The topological polar surface area (TPSA) is 18.5 Å². The Hall–Kier alpha value is -0.730. The summed E-state index contributed by atoms with van der Waals surface area (Å²) in [4.78, 5) is 0. The Morgan fingerprint density at radius 1 is 1.50 bits per heavy atom. The molecule has 1 fully saturated rings. The molecule has 1 aliphatic heterocycles. The molecule has 2 unspecified atom stereocenters. The summed E-state index contributed by atoms with van der Waals surface area (Å²) in [6, 6.07) is 6.20. The van der Waals surface area contributed by atoms with E-state index in [1.54, 1.807) is 7.11 Å². The van der Waals surface area contributed by atoms with Crippen molar-refractivity contribution in [2.75, 3.05) is 19.6 Å². The van der Waals surface area contributed by atoms with Gasteiger partial charge < -0.3 is 9.47 Å². The van der Waals surface area contributed by atoms with Crippen LogP contribution in [0.1, 0.15) is 23.7 Å². The number of aryl methyl sites for hydroxylation is 1. The maximum Gasteiger partial charge on any atom is 0.121 e. The van der Waals surface area contributed by atoms with Gasteiger partial charge in [-0.05, 0) is 36.6 Å². The van der Waals surface area contributed by atoms with Crippen molar-refractivity contribution in [3.8, 4) is 5.75 Å². The van der Waals surface area contributed by atoms with Crippen molar-refractivity contribution in [1.29, 1.82) is 0 Å². The molecule has 0 aromatic heterocycles. The third-order valence-electron chi connectivity index (χ3n) is 3.16. The number of alkyl halides is 1. The third kappa shape index (κ3) is 2.18. The van der Waals surface area contributed by atoms with E-state index in [-0.39, 0.29) is 6.10 Å². The van der Waals surface area contributed by atoms with Crippen molar-refractivity contribution in [1.82, 2.24) is 0 Å². The molecule has 0 radical (unpaired) electrons. The van der Waals surface area contributed by atoms with Gasteiger partial charge in [-0.15, -0.1) is 11.6 Å². The monoisotopic (exact) mass is 240 g/mol. The lowest BCUT2D eigenvalue weighted by atomic mass is 9.96. The predicted octanol–water partition coefficient (Wildman–Crippen LogP) is 3.32. The van der Waals surface area contributed by atoms with Crippen LogP contribution in [0.4, 0.5) is 0 Å². The van der Waals surface area contributed by atoms with E-state index in [0.29, 0.717) is 11.8 Å². The van der Waals surface area contributed by atoms with E-state index in [9.17, 15) is 0 Å². The second-order valence-electron chi connectivity index (χ2n) is 4.22. The van der Waals surface area contributed by atoms with E-state index in [4.69, 9.17) is 21.1 Å². The zero-order valence-corrected chi connectivity index (χ0v) is 10.5. The van der Waals surface area contributed by atoms with Crippen LogP contribution >= 0.6 is 11.6 Å². The molecule has 0 amide bonds. The SMILES string of the molecule is COc1ccc(C2OCCC2CCl)cc1C. The molecule has 1 heterocycles. The van der Waals surface area contributed by atoms with Crippen LogP contribution in [0.15, 0.2) is 18.2 Å². The molecule has 1 aromatic rings. The van der Waals surface area contributed by atoms with E-state index in [0.717, 1.165) is 24.3 Å². The maximum atomic E-state index is 5.95. The molecule has 16 heavy (non-hydrogen) atoms. The molecule has 88 valence electrons. The number of ether oxygens (including phenoxy) is 2. The standard InChI is InChI=1S/C13H17ClO2/c1-9-7-10(3-4-12(9)15-2)13-11(8-14)5-6-16-13/h3-4,7,11,13H,5-6,8H2,1-2H3. The Morgan fingerprint density at radius 3 is 2.94 bits per heavy atom. The molecule has 0 bridgehead atoms. The zero-order chi connectivity index (χ0) is 11.5. The summed E-state index contributed by atoms with van der Waals surface area (Å²) in [5.41, 5.74) is 2.35. The molecule has 0 saturated carbocycles. The van der Waals surface area contributed by atoms with Gasteiger partial charge in [0.1, 0.15) is 5.75 Å². The number of rotatable bonds is 3. The molecule has 0 N–H and O–H groups in total. The van der Waals surface area contributed by atoms with Gasteiger partial charge in [0.05, 0.1) is 13.2 Å². The highest BCUT2D eigenvalue weighted by Gasteiger charge is 2.29. The molecule has 1 saturated heterocycles. The van der Waals surface area contributed by atoms with Crippen molar-refractivity contribution in [3.05, 3.63) is 29.3 Å². The van der Waals surface area contributed by atoms with Crippen LogP contribution < -0.4 is 4.74 Å². The van der Waals surface area contributed by atoms with Gasteiger partial charge in [0.25, 0.3) is 0 Å². The Balaban J connectivity index is 2.23. The first-order valence-corrected chi connectivity index (χ1v) is 6.12. The van der Waals surface area contributed by atoms with Crippen LogP contribution in [0.3, 0.4) is 0 Å². The molecule has 2 atom stereocenters. The Bertz CT molecular complexity index is 365. The lowest BCUT2D eigenvalue weighted by Crippen LogP contribution is -2.09. The highest BCUT2D eigenvalue weighted by Crippen LogP contribution is 2.36. The normalized spacial score (nSPS) is 24.7. The summed E-state index contributed by atoms with van der Waals surface area (Å²) in [5.74, 6) is 2.02. The smallest absolute Gasteiger partial charge is 0.121 e. The first kappa shape index (κ1) is 11.7. The van der Waals surface area contributed by atoms with Gasteiger partial charge in [0.2, 0.25) is 0 Å². The van der Waals surface area contributed by atoms with Gasteiger partial charge in [-0.2, -0.15) is 0 Å². The van der Waals surface area contributed by atoms with Crippen LogP contribution in [-0.2, 0) is 4.74 Å². The Morgan fingerprint density at radius 2 is 2.31 bits per heavy atom. The van der Waals surface area contributed by atoms with Crippen LogP contribution in [-0.4, -0.2) is 19.6 Å². The molecular weight excluding hydrogens is 224 g/mol. The highest BCUT2D eigenvalue weighted by atomic mass is 35.5. The summed E-state index contributed by atoms with van der Waals surface area (Å²) in [6.07, 6.45) is 1.21. The van der Waals surface area contributed by atoms with E-state index >= 15 is 0 Å². The first-order chi connectivity index (χ1) is 7.76. The van der Waals surface area contributed by atoms with Crippen LogP contribution in [0.25, 0.3) is 0 Å². The molecule has 2 rings (SSSR count). The van der Waals surface area contributed by atoms with Crippen LogP contribution in [0.5, 0.6) is 5.75 Å². The average Bonchev–Trinajstić information content (AvgIpc) is 2.77. The Kier molecular flexibility index (Phi) is 3.72. The van der Waals surface area contributed by atoms with Crippen molar-refractivity contribution in [2.24, 2.45) is 5.92 Å². The lowest BCUT2D eigenvalue weighted by molar-refractivity contribution is 0.0951. The van der Waals surface area contributed by atoms with Gasteiger partial charge in [0.15, 0.2) is 0 Å². The average molecular weight is 241 g/mol. The molecule has 0 spiro atoms. The molecule has 1 aliphatic rings. The largest absolute Gasteiger partial charge is 0.496 e. The minimum atomic E-state index is 0.155. The highest BCUT2D eigenvalue weighted by molar-refractivity contribution is 6.18. The second-order valence-corrected chi connectivity index (χ2v) is 4.53. The number of benzene rings is 1. The van der Waals surface area contributed by atoms with Crippen molar-refractivity contribution < 1.29 is 9.47 Å². The molecule has 1 aromatic carbocycles. The van der Waals surface area contributed by atoms with Gasteiger partial charge in [-0.25, -0.2) is 0 Å². The predicted molar refractivity (Wildman–Crippen MR) is 65.3 cm³/mol. The molecule has 3 heteroatoms. The van der Waals surface area contributed by atoms with Crippen LogP contribution in [0, 0.1) is 12.8 Å². The minimum Gasteiger partial charge on any atom is -0.496 e. The molecular formula is C13H17ClO2. The zero-order valence-electron chi connectivity index (χ0n) is 9.70. The molecule has 2 nitrogen and oxygen atoms in total. The summed E-state index contributed by atoms with van der Waals surface area (Å²) < 4.78 is 11.0. The van der Waals surface area contributed by atoms with E-state index in [2.05, 4.69) is 12.1 Å². The second kappa shape index (κ2) is 5.07. The lowest BCUT2D eigenvalue weighted by Gasteiger charge is -2.17. The number of halogens is 1. The quantitative estimate of drug-likeness (QED) is 0.755. The molecule has 0 aliphatic carbocycles. The fourth-order valence-corrected chi connectivity index (χ4v) is 2.56. The summed E-state index contributed by atoms with van der Waals surface area (Å²) >= 11 is 5.95. The van der Waals surface area contributed by atoms with Crippen molar-refractivity contribution in [3.63, 3.8) is 0 Å². The summed E-state index contributed by atoms with van der Waals surface area (Å²) in [6.45, 7) is 2.86. The minimum absolute atomic E-state index is 0.155. The summed E-state index contributed by atoms with van der Waals surface area (Å²) in [5, 5.41) is 0. The van der Waals surface area contributed by atoms with Gasteiger partial charge >= 0.3 is 0 Å². The first-order valence-electron chi connectivity index (χ1n) is 5.58. The fourth-order valence-electron chi connectivity index (χ4n) is 2.24. The summed E-state index contributed by atoms with van der Waals surface area (Å²) in [7, 11) is 1.69. The van der Waals surface area contributed by atoms with Crippen molar-refractivity contribution in [2.45, 2.75) is 19.4 Å². The van der Waals surface area contributed by atoms with Gasteiger partial charge in [0, 0.05) is 18.4 Å². The number of hydrogen-bond donors (Lipinski definition) is 0. The number of hydrogen-bond acceptors (Lipinski definition) is 2. The van der Waals surface area contributed by atoms with E-state index in [1.807, 2.05) is 13.0 Å². The third-order valence-corrected chi connectivity index (χ3v) is 3.56. The van der Waals surface area contributed by atoms with Crippen LogP contribution in [0.2, 0.25) is 0 Å².